The summed E-state index contributed by atoms with van der Waals surface area (Å²) in [4.78, 5) is 14.1. The number of nitrogens with zero attached hydrogens (tertiary/aromatic N) is 3. The Hall–Kier alpha value is -2.16. The van der Waals surface area contributed by atoms with E-state index < -0.39 is 4.92 Å². The summed E-state index contributed by atoms with van der Waals surface area (Å²) in [6.45, 7) is 4.42. The molecular formula is C13H16N4O2. The van der Waals surface area contributed by atoms with Gasteiger partial charge in [-0.15, -0.1) is 0 Å². The third-order valence-corrected chi connectivity index (χ3v) is 3.51. The van der Waals surface area contributed by atoms with Crippen molar-refractivity contribution in [3.05, 3.63) is 27.9 Å². The molecule has 6 heteroatoms. The van der Waals surface area contributed by atoms with Crippen molar-refractivity contribution >= 4 is 11.5 Å². The normalized spacial score (nSPS) is 20.8. The Morgan fingerprint density at radius 1 is 1.63 bits per heavy atom. The van der Waals surface area contributed by atoms with E-state index in [2.05, 4.69) is 24.1 Å². The summed E-state index contributed by atoms with van der Waals surface area (Å²) in [7, 11) is 0. The molecule has 1 aromatic rings. The van der Waals surface area contributed by atoms with Crippen LogP contribution in [0, 0.1) is 26.9 Å². The Bertz CT molecular complexity index is 548. The fourth-order valence-electron chi connectivity index (χ4n) is 2.51. The van der Waals surface area contributed by atoms with E-state index in [1.54, 1.807) is 0 Å². The van der Waals surface area contributed by atoms with Crippen LogP contribution in [-0.2, 0) is 0 Å². The molecule has 19 heavy (non-hydrogen) atoms. The summed E-state index contributed by atoms with van der Waals surface area (Å²) < 4.78 is 0. The lowest BCUT2D eigenvalue weighted by Crippen LogP contribution is -2.19. The maximum Gasteiger partial charge on any atom is 0.289 e. The molecule has 1 atom stereocenters. The van der Waals surface area contributed by atoms with Crippen LogP contribution in [0.3, 0.4) is 0 Å². The number of nitro groups is 1. The number of aromatic nitrogens is 1. The molecule has 1 aliphatic rings. The molecule has 1 N–H and O–H groups in total. The standard InChI is InChI=1S/C13H16N4O2/c1-13(2)4-3-10(6-13)16-12-9(7-14)5-11(8-15-12)17(18)19/h5,8,10H,3-4,6H2,1-2H3,(H,15,16). The molecule has 0 aliphatic heterocycles. The first-order valence-corrected chi connectivity index (χ1v) is 6.22. The van der Waals surface area contributed by atoms with Crippen LogP contribution in [0.1, 0.15) is 38.7 Å². The Balaban J connectivity index is 2.17. The maximum atomic E-state index is 10.6. The van der Waals surface area contributed by atoms with Crippen LogP contribution in [0.4, 0.5) is 11.5 Å². The van der Waals surface area contributed by atoms with Crippen molar-refractivity contribution in [1.29, 1.82) is 5.26 Å². The van der Waals surface area contributed by atoms with Crippen LogP contribution in [-0.4, -0.2) is 15.9 Å². The van der Waals surface area contributed by atoms with Gasteiger partial charge in [0.15, 0.2) is 0 Å². The Labute approximate surface area is 111 Å². The molecule has 0 aromatic carbocycles. The number of hydrogen-bond acceptors (Lipinski definition) is 5. The second-order valence-corrected chi connectivity index (χ2v) is 5.71. The second kappa shape index (κ2) is 4.84. The number of pyridine rings is 1. The summed E-state index contributed by atoms with van der Waals surface area (Å²) in [5.41, 5.74) is 0.360. The SMILES string of the molecule is CC1(C)CCC(Nc2ncc([N+](=O)[O-])cc2C#N)C1. The highest BCUT2D eigenvalue weighted by molar-refractivity contribution is 5.56. The van der Waals surface area contributed by atoms with Crippen molar-refractivity contribution in [3.8, 4) is 6.07 Å². The molecular weight excluding hydrogens is 244 g/mol. The van der Waals surface area contributed by atoms with Gasteiger partial charge in [0.05, 0.1) is 4.92 Å². The summed E-state index contributed by atoms with van der Waals surface area (Å²) in [6, 6.07) is 3.49. The van der Waals surface area contributed by atoms with Crippen LogP contribution < -0.4 is 5.32 Å². The maximum absolute atomic E-state index is 10.6. The monoisotopic (exact) mass is 260 g/mol. The van der Waals surface area contributed by atoms with Crippen LogP contribution in [0.25, 0.3) is 0 Å². The predicted molar refractivity (Wildman–Crippen MR) is 70.6 cm³/mol. The highest BCUT2D eigenvalue weighted by atomic mass is 16.6. The van der Waals surface area contributed by atoms with E-state index in [0.29, 0.717) is 11.2 Å². The minimum absolute atomic E-state index is 0.158. The fourth-order valence-corrected chi connectivity index (χ4v) is 2.51. The van der Waals surface area contributed by atoms with Gasteiger partial charge in [0, 0.05) is 12.1 Å². The van der Waals surface area contributed by atoms with E-state index in [4.69, 9.17) is 5.26 Å². The van der Waals surface area contributed by atoms with Crippen molar-refractivity contribution in [2.45, 2.75) is 39.2 Å². The highest BCUT2D eigenvalue weighted by Crippen LogP contribution is 2.38. The first kappa shape index (κ1) is 13.3. The third kappa shape index (κ3) is 2.99. The van der Waals surface area contributed by atoms with E-state index >= 15 is 0 Å². The molecule has 1 aliphatic carbocycles. The minimum Gasteiger partial charge on any atom is -0.366 e. The molecule has 1 saturated carbocycles. The lowest BCUT2D eigenvalue weighted by Gasteiger charge is -2.18. The highest BCUT2D eigenvalue weighted by Gasteiger charge is 2.31. The van der Waals surface area contributed by atoms with Crippen molar-refractivity contribution < 1.29 is 4.92 Å². The Morgan fingerprint density at radius 2 is 2.37 bits per heavy atom. The zero-order valence-electron chi connectivity index (χ0n) is 11.0. The first-order valence-electron chi connectivity index (χ1n) is 6.22. The number of hydrogen-bond donors (Lipinski definition) is 1. The molecule has 0 radical (unpaired) electrons. The average Bonchev–Trinajstić information content (AvgIpc) is 2.69. The number of nitriles is 1. The van der Waals surface area contributed by atoms with Gasteiger partial charge in [-0.25, -0.2) is 4.98 Å². The van der Waals surface area contributed by atoms with Crippen molar-refractivity contribution in [2.75, 3.05) is 5.32 Å². The lowest BCUT2D eigenvalue weighted by atomic mass is 9.92. The van der Waals surface area contributed by atoms with Crippen molar-refractivity contribution in [3.63, 3.8) is 0 Å². The van der Waals surface area contributed by atoms with Gasteiger partial charge in [0.2, 0.25) is 0 Å². The molecule has 1 unspecified atom stereocenters. The zero-order valence-corrected chi connectivity index (χ0v) is 11.0. The second-order valence-electron chi connectivity index (χ2n) is 5.71. The Kier molecular flexibility index (Phi) is 3.38. The predicted octanol–water partition coefficient (Wildman–Crippen LogP) is 2.85. The van der Waals surface area contributed by atoms with Gasteiger partial charge in [-0.2, -0.15) is 5.26 Å². The molecule has 0 spiro atoms. The molecule has 6 nitrogen and oxygen atoms in total. The number of anilines is 1. The molecule has 1 heterocycles. The summed E-state index contributed by atoms with van der Waals surface area (Å²) in [5, 5.41) is 22.9. The van der Waals surface area contributed by atoms with E-state index in [1.807, 2.05) is 6.07 Å². The molecule has 2 rings (SSSR count). The van der Waals surface area contributed by atoms with Gasteiger partial charge in [-0.3, -0.25) is 10.1 Å². The molecule has 100 valence electrons. The van der Waals surface area contributed by atoms with Crippen LogP contribution in [0.2, 0.25) is 0 Å². The number of nitrogens with one attached hydrogen (secondary N) is 1. The van der Waals surface area contributed by atoms with E-state index in [0.717, 1.165) is 19.3 Å². The topological polar surface area (TPSA) is 91.8 Å². The van der Waals surface area contributed by atoms with Gasteiger partial charge in [-0.1, -0.05) is 13.8 Å². The quantitative estimate of drug-likeness (QED) is 0.666. The van der Waals surface area contributed by atoms with E-state index in [-0.39, 0.29) is 17.3 Å². The Morgan fingerprint density at radius 3 is 2.89 bits per heavy atom. The van der Waals surface area contributed by atoms with Gasteiger partial charge < -0.3 is 5.32 Å². The van der Waals surface area contributed by atoms with Gasteiger partial charge in [0.25, 0.3) is 5.69 Å². The molecule has 0 amide bonds. The lowest BCUT2D eigenvalue weighted by molar-refractivity contribution is -0.385. The first-order chi connectivity index (χ1) is 8.91. The summed E-state index contributed by atoms with van der Waals surface area (Å²) in [5.74, 6) is 0.441. The van der Waals surface area contributed by atoms with Crippen LogP contribution in [0.15, 0.2) is 12.3 Å². The smallest absolute Gasteiger partial charge is 0.289 e. The third-order valence-electron chi connectivity index (χ3n) is 3.51. The van der Waals surface area contributed by atoms with Crippen LogP contribution >= 0.6 is 0 Å². The zero-order chi connectivity index (χ0) is 14.0. The van der Waals surface area contributed by atoms with Gasteiger partial charge in [-0.05, 0) is 24.7 Å². The molecule has 0 bridgehead atoms. The van der Waals surface area contributed by atoms with Gasteiger partial charge in [0.1, 0.15) is 23.6 Å². The van der Waals surface area contributed by atoms with Crippen molar-refractivity contribution in [2.24, 2.45) is 5.41 Å². The molecule has 0 saturated heterocycles. The van der Waals surface area contributed by atoms with Gasteiger partial charge >= 0.3 is 0 Å². The average molecular weight is 260 g/mol. The molecule has 1 fully saturated rings. The van der Waals surface area contributed by atoms with E-state index in [1.165, 1.54) is 12.3 Å². The minimum atomic E-state index is -0.545. The largest absolute Gasteiger partial charge is 0.366 e. The van der Waals surface area contributed by atoms with E-state index in [9.17, 15) is 10.1 Å². The van der Waals surface area contributed by atoms with Crippen LogP contribution in [0.5, 0.6) is 0 Å². The molecule has 1 aromatic heterocycles. The van der Waals surface area contributed by atoms with Crippen molar-refractivity contribution in [1.82, 2.24) is 4.98 Å². The number of rotatable bonds is 3. The fraction of sp³-hybridized carbons (Fsp3) is 0.538. The summed E-state index contributed by atoms with van der Waals surface area (Å²) >= 11 is 0. The summed E-state index contributed by atoms with van der Waals surface area (Å²) in [6.07, 6.45) is 4.34.